The van der Waals surface area contributed by atoms with Crippen LogP contribution in [0.15, 0.2) is 42.5 Å². The quantitative estimate of drug-likeness (QED) is 0.338. The van der Waals surface area contributed by atoms with E-state index in [0.29, 0.717) is 5.75 Å². The van der Waals surface area contributed by atoms with Crippen LogP contribution < -0.4 is 0 Å². The lowest BCUT2D eigenvalue weighted by Gasteiger charge is -2.31. The number of aryl methyl sites for hydroxylation is 1. The van der Waals surface area contributed by atoms with Crippen LogP contribution in [0, 0.1) is 0 Å². The van der Waals surface area contributed by atoms with Gasteiger partial charge in [0.15, 0.2) is 0 Å². The molecule has 1 N–H and O–H groups in total. The monoisotopic (exact) mass is 394 g/mol. The zero-order valence-electron chi connectivity index (χ0n) is 19.3. The first kappa shape index (κ1) is 23.5. The van der Waals surface area contributed by atoms with E-state index >= 15 is 0 Å². The van der Waals surface area contributed by atoms with Gasteiger partial charge in [-0.1, -0.05) is 109 Å². The zero-order chi connectivity index (χ0) is 21.1. The van der Waals surface area contributed by atoms with Gasteiger partial charge in [0.25, 0.3) is 0 Å². The van der Waals surface area contributed by atoms with Crippen LogP contribution >= 0.6 is 0 Å². The van der Waals surface area contributed by atoms with Crippen molar-refractivity contribution in [2.24, 2.45) is 0 Å². The number of phenols is 1. The Hall–Kier alpha value is -1.76. The van der Waals surface area contributed by atoms with Crippen molar-refractivity contribution in [3.05, 3.63) is 64.7 Å². The number of benzene rings is 2. The maximum atomic E-state index is 10.9. The molecule has 0 saturated heterocycles. The molecule has 2 aromatic carbocycles. The van der Waals surface area contributed by atoms with E-state index in [1.165, 1.54) is 74.5 Å². The van der Waals surface area contributed by atoms with Crippen molar-refractivity contribution in [3.8, 4) is 5.75 Å². The highest BCUT2D eigenvalue weighted by atomic mass is 16.3. The highest BCUT2D eigenvalue weighted by Crippen LogP contribution is 2.41. The van der Waals surface area contributed by atoms with Crippen LogP contribution in [0.2, 0.25) is 0 Å². The summed E-state index contributed by atoms with van der Waals surface area (Å²) in [7, 11) is 0. The SMILES string of the molecule is CCCCCCCCCc1c(CCCC)ccc(O)c1C(C)(C)c1ccccc1. The summed E-state index contributed by atoms with van der Waals surface area (Å²) in [6.07, 6.45) is 13.8. The van der Waals surface area contributed by atoms with Crippen LogP contribution in [-0.4, -0.2) is 5.11 Å². The second-order valence-corrected chi connectivity index (χ2v) is 9.06. The molecule has 0 unspecified atom stereocenters. The van der Waals surface area contributed by atoms with E-state index in [4.69, 9.17) is 0 Å². The average molecular weight is 395 g/mol. The highest BCUT2D eigenvalue weighted by molar-refractivity contribution is 5.53. The third kappa shape index (κ3) is 6.63. The summed E-state index contributed by atoms with van der Waals surface area (Å²) in [6, 6.07) is 14.8. The Kier molecular flexibility index (Phi) is 9.78. The van der Waals surface area contributed by atoms with Gasteiger partial charge >= 0.3 is 0 Å². The third-order valence-corrected chi connectivity index (χ3v) is 6.34. The fraction of sp³-hybridized carbons (Fsp3) is 0.571. The van der Waals surface area contributed by atoms with Gasteiger partial charge in [0, 0.05) is 11.0 Å². The van der Waals surface area contributed by atoms with Gasteiger partial charge in [0.05, 0.1) is 0 Å². The molecule has 0 radical (unpaired) electrons. The molecule has 29 heavy (non-hydrogen) atoms. The van der Waals surface area contributed by atoms with Crippen LogP contribution in [0.5, 0.6) is 5.75 Å². The Morgan fingerprint density at radius 2 is 1.31 bits per heavy atom. The Morgan fingerprint density at radius 1 is 0.690 bits per heavy atom. The maximum Gasteiger partial charge on any atom is 0.119 e. The lowest BCUT2D eigenvalue weighted by Crippen LogP contribution is -2.22. The summed E-state index contributed by atoms with van der Waals surface area (Å²) in [6.45, 7) is 9.05. The molecular formula is C28H42O. The minimum absolute atomic E-state index is 0.204. The van der Waals surface area contributed by atoms with Crippen molar-refractivity contribution < 1.29 is 5.11 Å². The smallest absolute Gasteiger partial charge is 0.119 e. The van der Waals surface area contributed by atoms with E-state index in [1.807, 2.05) is 6.07 Å². The van der Waals surface area contributed by atoms with Crippen LogP contribution in [0.25, 0.3) is 0 Å². The Labute approximate surface area is 179 Å². The molecule has 2 aromatic rings. The van der Waals surface area contributed by atoms with E-state index in [1.54, 1.807) is 0 Å². The molecule has 0 aliphatic carbocycles. The molecule has 1 heteroatoms. The van der Waals surface area contributed by atoms with Gasteiger partial charge in [-0.25, -0.2) is 0 Å². The first-order chi connectivity index (χ1) is 14.0. The number of unbranched alkanes of at least 4 members (excludes halogenated alkanes) is 7. The molecule has 0 saturated carbocycles. The number of aromatic hydroxyl groups is 1. The summed E-state index contributed by atoms with van der Waals surface area (Å²) < 4.78 is 0. The number of rotatable bonds is 13. The molecule has 0 spiro atoms. The van der Waals surface area contributed by atoms with Gasteiger partial charge in [0.1, 0.15) is 5.75 Å². The zero-order valence-corrected chi connectivity index (χ0v) is 19.3. The van der Waals surface area contributed by atoms with E-state index in [2.05, 4.69) is 64.1 Å². The second kappa shape index (κ2) is 12.1. The predicted octanol–water partition coefficient (Wildman–Crippen LogP) is 8.35. The van der Waals surface area contributed by atoms with Crippen LogP contribution in [0.4, 0.5) is 0 Å². The second-order valence-electron chi connectivity index (χ2n) is 9.06. The number of hydrogen-bond donors (Lipinski definition) is 1. The van der Waals surface area contributed by atoms with E-state index in [0.717, 1.165) is 18.4 Å². The maximum absolute atomic E-state index is 10.9. The summed E-state index contributed by atoms with van der Waals surface area (Å²) >= 11 is 0. The highest BCUT2D eigenvalue weighted by Gasteiger charge is 2.29. The molecule has 0 aliphatic heterocycles. The minimum Gasteiger partial charge on any atom is -0.508 e. The van der Waals surface area contributed by atoms with Crippen molar-refractivity contribution in [3.63, 3.8) is 0 Å². The normalized spacial score (nSPS) is 11.7. The molecule has 0 bridgehead atoms. The molecule has 0 amide bonds. The van der Waals surface area contributed by atoms with E-state index in [-0.39, 0.29) is 5.41 Å². The van der Waals surface area contributed by atoms with Crippen molar-refractivity contribution >= 4 is 0 Å². The van der Waals surface area contributed by atoms with Crippen molar-refractivity contribution in [1.82, 2.24) is 0 Å². The summed E-state index contributed by atoms with van der Waals surface area (Å²) in [5.74, 6) is 0.456. The van der Waals surface area contributed by atoms with Gasteiger partial charge in [0.2, 0.25) is 0 Å². The molecule has 0 atom stereocenters. The summed E-state index contributed by atoms with van der Waals surface area (Å²) in [5, 5.41) is 10.9. The Morgan fingerprint density at radius 3 is 1.97 bits per heavy atom. The minimum atomic E-state index is -0.204. The fourth-order valence-corrected chi connectivity index (χ4v) is 4.52. The molecule has 2 rings (SSSR count). The van der Waals surface area contributed by atoms with Crippen molar-refractivity contribution in [2.45, 2.75) is 104 Å². The molecule has 0 heterocycles. The van der Waals surface area contributed by atoms with Crippen LogP contribution in [-0.2, 0) is 18.3 Å². The third-order valence-electron chi connectivity index (χ3n) is 6.34. The van der Waals surface area contributed by atoms with Crippen molar-refractivity contribution in [2.75, 3.05) is 0 Å². The fourth-order valence-electron chi connectivity index (χ4n) is 4.52. The molecule has 1 nitrogen and oxygen atoms in total. The van der Waals surface area contributed by atoms with Gasteiger partial charge in [-0.05, 0) is 48.4 Å². The largest absolute Gasteiger partial charge is 0.508 e. The van der Waals surface area contributed by atoms with E-state index < -0.39 is 0 Å². The topological polar surface area (TPSA) is 20.2 Å². The Bertz CT molecular complexity index is 715. The summed E-state index contributed by atoms with van der Waals surface area (Å²) in [4.78, 5) is 0. The lowest BCUT2D eigenvalue weighted by molar-refractivity contribution is 0.449. The number of phenolic OH excluding ortho intramolecular Hbond substituents is 1. The van der Waals surface area contributed by atoms with Gasteiger partial charge in [-0.2, -0.15) is 0 Å². The van der Waals surface area contributed by atoms with Gasteiger partial charge in [-0.15, -0.1) is 0 Å². The number of hydrogen-bond acceptors (Lipinski definition) is 1. The molecule has 0 aliphatic rings. The van der Waals surface area contributed by atoms with Crippen LogP contribution in [0.1, 0.15) is 108 Å². The van der Waals surface area contributed by atoms with Crippen LogP contribution in [0.3, 0.4) is 0 Å². The van der Waals surface area contributed by atoms with Gasteiger partial charge < -0.3 is 5.11 Å². The molecule has 0 aromatic heterocycles. The summed E-state index contributed by atoms with van der Waals surface area (Å²) in [5.41, 5.74) is 5.05. The average Bonchev–Trinajstić information content (AvgIpc) is 2.73. The van der Waals surface area contributed by atoms with E-state index in [9.17, 15) is 5.11 Å². The molecule has 160 valence electrons. The molecule has 0 fully saturated rings. The molecular weight excluding hydrogens is 352 g/mol. The van der Waals surface area contributed by atoms with Gasteiger partial charge in [-0.3, -0.25) is 0 Å². The Balaban J connectivity index is 2.26. The standard InChI is InChI=1S/C28H42O/c1-5-7-9-10-11-12-16-20-25-23(17-8-6-2)21-22-26(29)27(25)28(3,4)24-18-14-13-15-19-24/h13-15,18-19,21-22,29H,5-12,16-17,20H2,1-4H3. The predicted molar refractivity (Wildman–Crippen MR) is 127 cm³/mol. The van der Waals surface area contributed by atoms with Crippen molar-refractivity contribution in [1.29, 1.82) is 0 Å². The first-order valence-electron chi connectivity index (χ1n) is 11.9. The lowest BCUT2D eigenvalue weighted by atomic mass is 9.73. The first-order valence-corrected chi connectivity index (χ1v) is 11.9.